The number of carbonyl (C=O) groups excluding carboxylic acids is 1. The maximum absolute atomic E-state index is 12.4. The molecule has 23 heavy (non-hydrogen) atoms. The molecule has 3 rings (SSSR count). The van der Waals surface area contributed by atoms with Gasteiger partial charge in [-0.05, 0) is 44.7 Å². The first-order valence-corrected chi connectivity index (χ1v) is 7.87. The van der Waals surface area contributed by atoms with Gasteiger partial charge in [-0.15, -0.1) is 12.4 Å². The molecular weight excluding hydrogens is 312 g/mol. The molecular formula is C17H23ClN4O. The lowest BCUT2D eigenvalue weighted by molar-refractivity contribution is 0.0946. The number of nitrogens with two attached hydrogens (primary N) is 1. The van der Waals surface area contributed by atoms with Crippen molar-refractivity contribution in [2.75, 3.05) is 6.54 Å². The van der Waals surface area contributed by atoms with Gasteiger partial charge in [-0.3, -0.25) is 4.79 Å². The second kappa shape index (κ2) is 7.62. The zero-order valence-electron chi connectivity index (χ0n) is 13.3. The van der Waals surface area contributed by atoms with Gasteiger partial charge in [0.05, 0.1) is 5.69 Å². The number of halogens is 1. The standard InChI is InChI=1S/C17H22N4O.ClH/c1-12(18)10-11-19-17(22)16-14-8-5-9-15(14)21(20-16)13-6-3-2-4-7-13;/h2-4,6-7,12H,5,8-11,18H2,1H3,(H,19,22);1H. The Morgan fingerprint density at radius 3 is 2.78 bits per heavy atom. The molecule has 0 aliphatic heterocycles. The monoisotopic (exact) mass is 334 g/mol. The average Bonchev–Trinajstić information content (AvgIpc) is 3.09. The largest absolute Gasteiger partial charge is 0.351 e. The molecule has 1 unspecified atom stereocenters. The highest BCUT2D eigenvalue weighted by molar-refractivity contribution is 5.94. The predicted octanol–water partition coefficient (Wildman–Crippen LogP) is 2.25. The van der Waals surface area contributed by atoms with Crippen molar-refractivity contribution >= 4 is 18.3 Å². The molecule has 0 fully saturated rings. The third kappa shape index (κ3) is 3.74. The number of fused-ring (bicyclic) bond motifs is 1. The first kappa shape index (κ1) is 17.5. The minimum Gasteiger partial charge on any atom is -0.351 e. The lowest BCUT2D eigenvalue weighted by Crippen LogP contribution is -2.29. The van der Waals surface area contributed by atoms with Gasteiger partial charge >= 0.3 is 0 Å². The summed E-state index contributed by atoms with van der Waals surface area (Å²) in [5, 5.41) is 7.50. The fraction of sp³-hybridized carbons (Fsp3) is 0.412. The van der Waals surface area contributed by atoms with E-state index >= 15 is 0 Å². The van der Waals surface area contributed by atoms with Crippen molar-refractivity contribution in [2.24, 2.45) is 5.73 Å². The number of benzene rings is 1. The molecule has 124 valence electrons. The zero-order valence-corrected chi connectivity index (χ0v) is 14.1. The Labute approximate surface area is 142 Å². The summed E-state index contributed by atoms with van der Waals surface area (Å²) in [4.78, 5) is 12.4. The fourth-order valence-electron chi connectivity index (χ4n) is 2.90. The van der Waals surface area contributed by atoms with Gasteiger partial charge < -0.3 is 11.1 Å². The van der Waals surface area contributed by atoms with Gasteiger partial charge in [-0.25, -0.2) is 4.68 Å². The molecule has 6 heteroatoms. The molecule has 3 N–H and O–H groups in total. The highest BCUT2D eigenvalue weighted by atomic mass is 35.5. The van der Waals surface area contributed by atoms with Crippen LogP contribution in [0.5, 0.6) is 0 Å². The van der Waals surface area contributed by atoms with Gasteiger partial charge in [0.1, 0.15) is 0 Å². The fourth-order valence-corrected chi connectivity index (χ4v) is 2.90. The molecule has 0 radical (unpaired) electrons. The van der Waals surface area contributed by atoms with Crippen LogP contribution in [0.1, 0.15) is 41.5 Å². The highest BCUT2D eigenvalue weighted by Crippen LogP contribution is 2.27. The number of hydrogen-bond acceptors (Lipinski definition) is 3. The van der Waals surface area contributed by atoms with Crippen molar-refractivity contribution in [1.29, 1.82) is 0 Å². The Kier molecular flexibility index (Phi) is 5.80. The zero-order chi connectivity index (χ0) is 15.5. The Morgan fingerprint density at radius 1 is 1.35 bits per heavy atom. The van der Waals surface area contributed by atoms with Crippen molar-refractivity contribution in [3.8, 4) is 5.69 Å². The molecule has 1 amide bonds. The van der Waals surface area contributed by atoms with Crippen LogP contribution in [0, 0.1) is 0 Å². The molecule has 0 saturated heterocycles. The number of carbonyl (C=O) groups is 1. The second-order valence-corrected chi connectivity index (χ2v) is 5.90. The average molecular weight is 335 g/mol. The van der Waals surface area contributed by atoms with E-state index < -0.39 is 0 Å². The van der Waals surface area contributed by atoms with Crippen molar-refractivity contribution in [3.05, 3.63) is 47.3 Å². The van der Waals surface area contributed by atoms with Crippen LogP contribution >= 0.6 is 12.4 Å². The molecule has 1 aromatic carbocycles. The van der Waals surface area contributed by atoms with Crippen LogP contribution in [0.3, 0.4) is 0 Å². The quantitative estimate of drug-likeness (QED) is 0.880. The van der Waals surface area contributed by atoms with E-state index in [9.17, 15) is 4.79 Å². The van der Waals surface area contributed by atoms with E-state index in [0.717, 1.165) is 36.9 Å². The van der Waals surface area contributed by atoms with E-state index in [0.29, 0.717) is 12.2 Å². The van der Waals surface area contributed by atoms with E-state index in [-0.39, 0.29) is 24.4 Å². The molecule has 1 aliphatic carbocycles. The lowest BCUT2D eigenvalue weighted by Gasteiger charge is -2.06. The topological polar surface area (TPSA) is 72.9 Å². The summed E-state index contributed by atoms with van der Waals surface area (Å²) in [5.74, 6) is -0.0894. The smallest absolute Gasteiger partial charge is 0.272 e. The van der Waals surface area contributed by atoms with E-state index in [1.807, 2.05) is 41.9 Å². The minimum atomic E-state index is -0.0894. The van der Waals surface area contributed by atoms with Crippen LogP contribution in [-0.4, -0.2) is 28.3 Å². The van der Waals surface area contributed by atoms with Gasteiger partial charge in [0.15, 0.2) is 5.69 Å². The number of hydrogen-bond donors (Lipinski definition) is 2. The van der Waals surface area contributed by atoms with Crippen molar-refractivity contribution in [3.63, 3.8) is 0 Å². The molecule has 1 heterocycles. The van der Waals surface area contributed by atoms with Crippen LogP contribution in [0.15, 0.2) is 30.3 Å². The Hall–Kier alpha value is -1.85. The summed E-state index contributed by atoms with van der Waals surface area (Å²) in [6, 6.07) is 10.1. The Bertz CT molecular complexity index is 667. The van der Waals surface area contributed by atoms with E-state index in [1.54, 1.807) is 0 Å². The van der Waals surface area contributed by atoms with Crippen LogP contribution in [-0.2, 0) is 12.8 Å². The summed E-state index contributed by atoms with van der Waals surface area (Å²) in [7, 11) is 0. The Balaban J connectivity index is 0.00000192. The van der Waals surface area contributed by atoms with Crippen LogP contribution < -0.4 is 11.1 Å². The molecule has 1 aliphatic rings. The molecule has 1 atom stereocenters. The van der Waals surface area contributed by atoms with Crippen LogP contribution in [0.4, 0.5) is 0 Å². The van der Waals surface area contributed by atoms with Crippen LogP contribution in [0.2, 0.25) is 0 Å². The van der Waals surface area contributed by atoms with E-state index in [4.69, 9.17) is 5.73 Å². The molecule has 0 saturated carbocycles. The Morgan fingerprint density at radius 2 is 2.09 bits per heavy atom. The number of nitrogens with one attached hydrogen (secondary N) is 1. The second-order valence-electron chi connectivity index (χ2n) is 5.90. The van der Waals surface area contributed by atoms with Crippen molar-refractivity contribution < 1.29 is 4.79 Å². The number of nitrogens with zero attached hydrogens (tertiary/aromatic N) is 2. The van der Waals surface area contributed by atoms with Crippen molar-refractivity contribution in [1.82, 2.24) is 15.1 Å². The maximum Gasteiger partial charge on any atom is 0.272 e. The van der Waals surface area contributed by atoms with E-state index in [2.05, 4.69) is 10.4 Å². The summed E-state index contributed by atoms with van der Waals surface area (Å²) in [5.41, 5.74) is 9.57. The van der Waals surface area contributed by atoms with Gasteiger partial charge in [0.25, 0.3) is 5.91 Å². The minimum absolute atomic E-state index is 0. The summed E-state index contributed by atoms with van der Waals surface area (Å²) in [6.07, 6.45) is 3.76. The van der Waals surface area contributed by atoms with Gasteiger partial charge in [-0.1, -0.05) is 18.2 Å². The molecule has 0 bridgehead atoms. The number of para-hydroxylation sites is 1. The van der Waals surface area contributed by atoms with Gasteiger partial charge in [-0.2, -0.15) is 5.10 Å². The molecule has 1 aromatic heterocycles. The third-order valence-electron chi connectivity index (χ3n) is 4.03. The summed E-state index contributed by atoms with van der Waals surface area (Å²) < 4.78 is 1.92. The number of aromatic nitrogens is 2. The van der Waals surface area contributed by atoms with Gasteiger partial charge in [0.2, 0.25) is 0 Å². The number of amides is 1. The molecule has 5 nitrogen and oxygen atoms in total. The summed E-state index contributed by atoms with van der Waals surface area (Å²) >= 11 is 0. The lowest BCUT2D eigenvalue weighted by atomic mass is 10.2. The van der Waals surface area contributed by atoms with Crippen molar-refractivity contribution in [2.45, 2.75) is 38.6 Å². The highest BCUT2D eigenvalue weighted by Gasteiger charge is 2.26. The normalized spacial score (nSPS) is 14.0. The first-order valence-electron chi connectivity index (χ1n) is 7.87. The molecule has 2 aromatic rings. The van der Waals surface area contributed by atoms with E-state index in [1.165, 1.54) is 5.69 Å². The van der Waals surface area contributed by atoms with Gasteiger partial charge in [0, 0.05) is 23.8 Å². The predicted molar refractivity (Wildman–Crippen MR) is 93.4 cm³/mol. The SMILES string of the molecule is CC(N)CCNC(=O)c1nn(-c2ccccc2)c2c1CCC2.Cl. The first-order chi connectivity index (χ1) is 10.7. The molecule has 0 spiro atoms. The number of rotatable bonds is 5. The van der Waals surface area contributed by atoms with Crippen LogP contribution in [0.25, 0.3) is 5.69 Å². The summed E-state index contributed by atoms with van der Waals surface area (Å²) in [6.45, 7) is 2.53. The maximum atomic E-state index is 12.4. The third-order valence-corrected chi connectivity index (χ3v) is 4.03.